The van der Waals surface area contributed by atoms with Gasteiger partial charge in [0.25, 0.3) is 0 Å². The molecule has 3 aliphatic carbocycles. The van der Waals surface area contributed by atoms with Crippen LogP contribution in [0.2, 0.25) is 9.36 Å². The summed E-state index contributed by atoms with van der Waals surface area (Å²) >= 11 is -3.14. The molecule has 0 radical (unpaired) electrons. The topological polar surface area (TPSA) is 0 Å². The summed E-state index contributed by atoms with van der Waals surface area (Å²) in [6.45, 7) is 18.8. The Bertz CT molecular complexity index is 1860. The monoisotopic (exact) mass is 826 g/mol. The van der Waals surface area contributed by atoms with Crippen LogP contribution in [-0.4, -0.2) is 0 Å². The summed E-state index contributed by atoms with van der Waals surface area (Å²) in [5.41, 5.74) is 21.8. The number of allylic oxidation sites excluding steroid dienone is 2. The number of fused-ring (bicyclic) bond motifs is 8. The number of rotatable bonds is 6. The van der Waals surface area contributed by atoms with Crippen molar-refractivity contribution < 1.29 is 20.0 Å². The molecule has 0 amide bonds. The van der Waals surface area contributed by atoms with Crippen LogP contribution >= 0.6 is 0 Å². The molecule has 8 rings (SSSR count). The van der Waals surface area contributed by atoms with Crippen molar-refractivity contribution in [2.24, 2.45) is 5.41 Å². The summed E-state index contributed by atoms with van der Waals surface area (Å²) in [7, 11) is 0. The molecule has 0 nitrogen and oxygen atoms in total. The molecule has 1 heterocycles. The molecule has 50 heavy (non-hydrogen) atoms. The molecule has 2 unspecified atom stereocenters. The van der Waals surface area contributed by atoms with Gasteiger partial charge in [-0.15, -0.1) is 0 Å². The first-order valence-corrected chi connectivity index (χ1v) is 31.2. The van der Waals surface area contributed by atoms with Gasteiger partial charge < -0.3 is 0 Å². The molecule has 4 aromatic rings. The third kappa shape index (κ3) is 5.22. The second-order valence-corrected chi connectivity index (χ2v) is 35.4. The SMILES string of the molecule is CC(C)c1cc(-c2cccc3c2C=C2[CH]3[Hf]([CH3])([CH3])[CH]3C(=Cc4c(-c5cc(C(C)C)cc(C(C)C)c5)cccc43)C23CCCC3)cc(C(C)C)c1. The predicted molar refractivity (Wildman–Crippen MR) is 214 cm³/mol. The van der Waals surface area contributed by atoms with E-state index in [1.54, 1.807) is 22.3 Å². The molecule has 1 heteroatoms. The minimum atomic E-state index is -3.14. The summed E-state index contributed by atoms with van der Waals surface area (Å²) in [5.74, 6) is 2.07. The fraction of sp³-hybridized carbons (Fsp3) is 0.429. The van der Waals surface area contributed by atoms with Crippen molar-refractivity contribution in [3.63, 3.8) is 0 Å². The van der Waals surface area contributed by atoms with Gasteiger partial charge in [0, 0.05) is 0 Å². The van der Waals surface area contributed by atoms with Gasteiger partial charge in [-0.2, -0.15) is 0 Å². The number of hydrogen-bond acceptors (Lipinski definition) is 0. The van der Waals surface area contributed by atoms with Crippen molar-refractivity contribution in [1.82, 2.24) is 0 Å². The summed E-state index contributed by atoms with van der Waals surface area (Å²) in [5, 5.41) is 0. The third-order valence-electron chi connectivity index (χ3n) is 13.4. The zero-order valence-corrected chi connectivity index (χ0v) is 36.0. The Hall–Kier alpha value is -2.77. The van der Waals surface area contributed by atoms with Gasteiger partial charge in [-0.05, 0) is 0 Å². The second-order valence-electron chi connectivity index (χ2n) is 18.2. The number of benzene rings is 4. The van der Waals surface area contributed by atoms with Crippen molar-refractivity contribution in [3.8, 4) is 22.3 Å². The molecule has 0 aromatic heterocycles. The molecule has 1 spiro atoms. The Kier molecular flexibility index (Phi) is 8.53. The fourth-order valence-electron chi connectivity index (χ4n) is 10.6. The Morgan fingerprint density at radius 3 is 1.22 bits per heavy atom. The van der Waals surface area contributed by atoms with E-state index in [-0.39, 0.29) is 5.41 Å². The van der Waals surface area contributed by atoms with E-state index in [1.165, 1.54) is 70.2 Å². The van der Waals surface area contributed by atoms with Gasteiger partial charge >= 0.3 is 310 Å². The molecular formula is C49H58Hf. The quantitative estimate of drug-likeness (QED) is 0.170. The summed E-state index contributed by atoms with van der Waals surface area (Å²) in [4.78, 5) is 0. The first-order valence-electron chi connectivity index (χ1n) is 19.8. The zero-order chi connectivity index (χ0) is 35.3. The van der Waals surface area contributed by atoms with E-state index in [0.717, 1.165) is 0 Å². The van der Waals surface area contributed by atoms with Gasteiger partial charge in [0.15, 0.2) is 0 Å². The van der Waals surface area contributed by atoms with E-state index in [0.29, 0.717) is 31.0 Å². The minimum absolute atomic E-state index is 0.198. The normalized spacial score (nSPS) is 21.2. The summed E-state index contributed by atoms with van der Waals surface area (Å²) in [6, 6.07) is 29.6. The van der Waals surface area contributed by atoms with Crippen molar-refractivity contribution in [2.45, 2.75) is 121 Å². The third-order valence-corrected chi connectivity index (χ3v) is 28.6. The van der Waals surface area contributed by atoms with E-state index in [4.69, 9.17) is 0 Å². The van der Waals surface area contributed by atoms with Crippen LogP contribution in [0.5, 0.6) is 0 Å². The van der Waals surface area contributed by atoms with Gasteiger partial charge in [-0.3, -0.25) is 0 Å². The Labute approximate surface area is 307 Å². The summed E-state index contributed by atoms with van der Waals surface area (Å²) in [6.07, 6.45) is 10.9. The summed E-state index contributed by atoms with van der Waals surface area (Å²) < 4.78 is 6.92. The molecule has 4 aromatic carbocycles. The van der Waals surface area contributed by atoms with Crippen LogP contribution in [0, 0.1) is 5.41 Å². The Balaban J connectivity index is 1.32. The van der Waals surface area contributed by atoms with E-state index in [1.807, 2.05) is 11.1 Å². The average molecular weight is 825 g/mol. The first-order chi connectivity index (χ1) is 23.8. The molecule has 4 aliphatic rings. The van der Waals surface area contributed by atoms with E-state index >= 15 is 0 Å². The molecule has 2 atom stereocenters. The first kappa shape index (κ1) is 34.3. The maximum atomic E-state index is 2.82. The van der Waals surface area contributed by atoms with E-state index in [2.05, 4.69) is 150 Å². The van der Waals surface area contributed by atoms with Gasteiger partial charge in [0.1, 0.15) is 0 Å². The van der Waals surface area contributed by atoms with Crippen molar-refractivity contribution in [1.29, 1.82) is 0 Å². The predicted octanol–water partition coefficient (Wildman–Crippen LogP) is 14.9. The van der Waals surface area contributed by atoms with E-state index in [9.17, 15) is 0 Å². The average Bonchev–Trinajstić information content (AvgIpc) is 3.83. The van der Waals surface area contributed by atoms with E-state index < -0.39 is 20.0 Å². The Morgan fingerprint density at radius 1 is 0.520 bits per heavy atom. The zero-order valence-electron chi connectivity index (χ0n) is 32.4. The maximum absolute atomic E-state index is 3.14. The van der Waals surface area contributed by atoms with Crippen LogP contribution in [0.1, 0.15) is 157 Å². The van der Waals surface area contributed by atoms with Crippen LogP contribution in [0.15, 0.2) is 83.9 Å². The Morgan fingerprint density at radius 2 is 0.880 bits per heavy atom. The van der Waals surface area contributed by atoms with Crippen molar-refractivity contribution >= 4 is 12.2 Å². The molecule has 1 aliphatic heterocycles. The van der Waals surface area contributed by atoms with Gasteiger partial charge in [-0.1, -0.05) is 0 Å². The van der Waals surface area contributed by atoms with Crippen LogP contribution in [0.3, 0.4) is 0 Å². The van der Waals surface area contributed by atoms with Crippen LogP contribution in [0.4, 0.5) is 0 Å². The van der Waals surface area contributed by atoms with Crippen LogP contribution in [0.25, 0.3) is 34.4 Å². The van der Waals surface area contributed by atoms with Crippen molar-refractivity contribution in [2.75, 3.05) is 0 Å². The van der Waals surface area contributed by atoms with Gasteiger partial charge in [-0.25, -0.2) is 0 Å². The van der Waals surface area contributed by atoms with Gasteiger partial charge in [0.05, 0.1) is 0 Å². The number of hydrogen-bond donors (Lipinski definition) is 0. The standard InChI is InChI=1S/C47H52.2CH3.Hf/c1-29(2)35-19-36(30(3)4)22-39(21-35)43-15-11-13-33-25-41(27-45(33)43)47(17-9-10-18-47)42-26-34-14-12-16-44(46(34)28-42)40-23-37(31(5)6)20-38(24-40)32(7)8;;;/h11-16,19-32H,9-10,17-18H2,1-8H3;2*1H3;. The molecule has 258 valence electrons. The molecule has 1 saturated carbocycles. The molecular weight excluding hydrogens is 767 g/mol. The fourth-order valence-corrected chi connectivity index (χ4v) is 27.7. The molecule has 0 N–H and O–H groups in total. The second kappa shape index (κ2) is 12.4. The van der Waals surface area contributed by atoms with Crippen molar-refractivity contribution in [3.05, 3.63) is 128 Å². The van der Waals surface area contributed by atoms with Gasteiger partial charge in [0.2, 0.25) is 0 Å². The molecule has 0 bridgehead atoms. The molecule has 2 fully saturated rings. The van der Waals surface area contributed by atoms with Crippen LogP contribution in [-0.2, 0) is 20.0 Å². The molecule has 1 saturated heterocycles. The van der Waals surface area contributed by atoms with Crippen LogP contribution < -0.4 is 0 Å².